The number of aromatic nitrogens is 7. The molecule has 0 radical (unpaired) electrons. The number of esters is 1. The Hall–Kier alpha value is -5.69. The molecule has 0 saturated carbocycles. The topological polar surface area (TPSA) is 266 Å². The number of benzene rings is 2. The van der Waals surface area contributed by atoms with Crippen LogP contribution in [0, 0.1) is 17.9 Å². The third-order valence-electron chi connectivity index (χ3n) is 9.79. The third-order valence-corrected chi connectivity index (χ3v) is 12.7. The van der Waals surface area contributed by atoms with Gasteiger partial charge in [0.05, 0.1) is 56.8 Å². The number of imidazole rings is 1. The zero-order chi connectivity index (χ0) is 44.3. The maximum absolute atomic E-state index is 16.9. The highest BCUT2D eigenvalue weighted by Crippen LogP contribution is 2.58. The molecule has 1 amide bonds. The molecule has 1 N–H and O–H groups in total. The van der Waals surface area contributed by atoms with E-state index in [4.69, 9.17) is 47.9 Å². The molecule has 3 fully saturated rings. The highest BCUT2D eigenvalue weighted by atomic mass is 31.2. The van der Waals surface area contributed by atoms with Crippen molar-refractivity contribution in [1.29, 1.82) is 5.26 Å². The summed E-state index contributed by atoms with van der Waals surface area (Å²) in [5.41, 5.74) is 0.485. The summed E-state index contributed by atoms with van der Waals surface area (Å²) in [5.74, 6) is -1.29. The summed E-state index contributed by atoms with van der Waals surface area (Å²) in [6, 6.07) is 14.4. The molecule has 27 heteroatoms. The molecule has 3 aliphatic rings. The molecule has 3 aromatic heterocycles. The van der Waals surface area contributed by atoms with E-state index in [0.717, 1.165) is 29.0 Å². The van der Waals surface area contributed by atoms with Gasteiger partial charge in [-0.05, 0) is 24.3 Å². The number of fused-ring (bicyclic) bond motifs is 4. The van der Waals surface area contributed by atoms with Crippen LogP contribution in [0.25, 0.3) is 27.0 Å². The number of nitrogens with one attached hydrogen (secondary N) is 1. The van der Waals surface area contributed by atoms with Crippen LogP contribution < -0.4 is 5.32 Å². The SMILES string of the molecule is [C-]#[N+]CCOP1(=O)OC[C@H]2O[C@@H](n3nnc4c(C(=O)OC)cccc43)[C@H](F)[C@@H]2OP(=O)(OCCC#N)OC[C@H]2O[C@@H](n3cnc4c(NC(=O)c5ccccc5)ncnc43)[C@H](F)[C@@H]2O1. The van der Waals surface area contributed by atoms with Gasteiger partial charge in [0.1, 0.15) is 42.9 Å². The molecule has 10 atom stereocenters. The Morgan fingerprint density at radius 1 is 0.937 bits per heavy atom. The number of halogens is 2. The molecule has 3 aliphatic heterocycles. The second kappa shape index (κ2) is 18.6. The minimum atomic E-state index is -4.97. The molecule has 0 aliphatic carbocycles. The Kier molecular flexibility index (Phi) is 13.0. The van der Waals surface area contributed by atoms with Crippen molar-refractivity contribution in [3.63, 3.8) is 0 Å². The van der Waals surface area contributed by atoms with Crippen LogP contribution in [0.3, 0.4) is 0 Å². The molecule has 63 heavy (non-hydrogen) atoms. The van der Waals surface area contributed by atoms with Crippen LogP contribution in [0.5, 0.6) is 0 Å². The van der Waals surface area contributed by atoms with Gasteiger partial charge < -0.3 is 24.4 Å². The number of hydrogen-bond acceptors (Lipinski definition) is 19. The van der Waals surface area contributed by atoms with Gasteiger partial charge in [-0.25, -0.2) is 48.9 Å². The minimum Gasteiger partial charge on any atom is -0.465 e. The van der Waals surface area contributed by atoms with Gasteiger partial charge >= 0.3 is 21.6 Å². The number of nitriles is 1. The maximum atomic E-state index is 16.9. The number of carbonyl (C=O) groups excluding carboxylic acids is 2. The number of anilines is 1. The Morgan fingerprint density at radius 2 is 1.62 bits per heavy atom. The lowest BCUT2D eigenvalue weighted by Crippen LogP contribution is -2.38. The highest BCUT2D eigenvalue weighted by Gasteiger charge is 2.56. The van der Waals surface area contributed by atoms with E-state index in [-0.39, 0.29) is 46.5 Å². The summed E-state index contributed by atoms with van der Waals surface area (Å²) in [4.78, 5) is 41.1. The third kappa shape index (κ3) is 8.94. The molecule has 5 aromatic rings. The van der Waals surface area contributed by atoms with Crippen molar-refractivity contribution in [2.45, 2.75) is 55.6 Å². The quantitative estimate of drug-likeness (QED) is 0.0815. The van der Waals surface area contributed by atoms with Crippen molar-refractivity contribution in [2.24, 2.45) is 0 Å². The fourth-order valence-corrected chi connectivity index (χ4v) is 9.65. The molecule has 2 aromatic carbocycles. The van der Waals surface area contributed by atoms with Crippen LogP contribution in [-0.4, -0.2) is 123 Å². The summed E-state index contributed by atoms with van der Waals surface area (Å²) >= 11 is 0. The van der Waals surface area contributed by atoms with Crippen LogP contribution in [-0.2, 0) is 50.5 Å². The van der Waals surface area contributed by atoms with Crippen LogP contribution in [0.2, 0.25) is 0 Å². The van der Waals surface area contributed by atoms with Crippen molar-refractivity contribution in [3.8, 4) is 6.07 Å². The molecule has 2 unspecified atom stereocenters. The van der Waals surface area contributed by atoms with Crippen molar-refractivity contribution in [3.05, 3.63) is 83.7 Å². The van der Waals surface area contributed by atoms with Crippen LogP contribution in [0.1, 0.15) is 39.6 Å². The Balaban J connectivity index is 1.11. The van der Waals surface area contributed by atoms with E-state index in [1.165, 1.54) is 18.2 Å². The van der Waals surface area contributed by atoms with Gasteiger partial charge in [-0.3, -0.25) is 36.5 Å². The van der Waals surface area contributed by atoms with Gasteiger partial charge in [-0.15, -0.1) is 5.10 Å². The molecule has 330 valence electrons. The number of methoxy groups -OCH3 is 1. The first-order valence-electron chi connectivity index (χ1n) is 18.9. The van der Waals surface area contributed by atoms with Gasteiger partial charge in [0.15, 0.2) is 41.8 Å². The number of nitrogens with zero attached hydrogens (tertiary/aromatic N) is 9. The second-order valence-electron chi connectivity index (χ2n) is 13.7. The summed E-state index contributed by atoms with van der Waals surface area (Å²) in [7, 11) is -8.78. The number of phosphoric ester groups is 2. The average Bonchev–Trinajstić information content (AvgIpc) is 4.06. The number of amides is 1. The fraction of sp³-hybridized carbons (Fsp3) is 0.417. The van der Waals surface area contributed by atoms with Crippen LogP contribution in [0.4, 0.5) is 14.6 Å². The number of hydrogen-bond donors (Lipinski definition) is 1. The number of phosphoric acid groups is 2. The standard InChI is InChI=1S/C36H34F2N10O13P2/c1-40-13-15-55-63(52)57-17-24-30(26(38)35(59-24)48-22-11-6-10-21(36(50)53-2)27(22)45-46-48)61-62(51,54-14-7-12-39)56-16-23-29(60-63)25(37)34(58-23)47-19-43-28-31(41-18-42-32(28)47)44-33(49)20-8-4-3-5-9-20/h3-6,8-11,18-19,23-26,29-30,34-35H,7,13-17H2,2H3,(H,41,42,44,49)/t23-,24-,25-,26-,29-,30-,34-,35-,62?,63?/m1/s1. The Morgan fingerprint density at radius 3 is 2.30 bits per heavy atom. The first-order valence-corrected chi connectivity index (χ1v) is 21.8. The number of carbonyl (C=O) groups is 2. The number of alkyl halides is 2. The van der Waals surface area contributed by atoms with E-state index in [9.17, 15) is 24.0 Å². The molecule has 0 bridgehead atoms. The molecule has 0 spiro atoms. The fourth-order valence-electron chi connectivity index (χ4n) is 6.88. The molecule has 3 saturated heterocycles. The molecule has 6 heterocycles. The van der Waals surface area contributed by atoms with Crippen molar-refractivity contribution >= 4 is 55.5 Å². The summed E-state index contributed by atoms with van der Waals surface area (Å²) in [5, 5.41) is 19.8. The smallest absolute Gasteiger partial charge is 0.465 e. The normalized spacial score (nSPS) is 29.7. The van der Waals surface area contributed by atoms with E-state index < -0.39 is 103 Å². The molecule has 8 rings (SSSR count). The minimum absolute atomic E-state index is 0.00641. The van der Waals surface area contributed by atoms with Crippen molar-refractivity contribution < 1.29 is 68.9 Å². The summed E-state index contributed by atoms with van der Waals surface area (Å²) in [6.45, 7) is 4.01. The van der Waals surface area contributed by atoms with Gasteiger partial charge in [-0.2, -0.15) is 5.26 Å². The van der Waals surface area contributed by atoms with Crippen molar-refractivity contribution in [2.75, 3.05) is 45.4 Å². The largest absolute Gasteiger partial charge is 0.475 e. The number of rotatable bonds is 11. The van der Waals surface area contributed by atoms with Crippen molar-refractivity contribution in [1.82, 2.24) is 34.5 Å². The lowest BCUT2D eigenvalue weighted by molar-refractivity contribution is -0.0716. The van der Waals surface area contributed by atoms with Crippen LogP contribution in [0.15, 0.2) is 61.2 Å². The van der Waals surface area contributed by atoms with E-state index >= 15 is 8.78 Å². The maximum Gasteiger partial charge on any atom is 0.475 e. The molecule has 23 nitrogen and oxygen atoms in total. The van der Waals surface area contributed by atoms with E-state index in [1.54, 1.807) is 30.3 Å². The lowest BCUT2D eigenvalue weighted by Gasteiger charge is -2.29. The number of ether oxygens (including phenoxy) is 3. The second-order valence-corrected chi connectivity index (χ2v) is 16.9. The summed E-state index contributed by atoms with van der Waals surface area (Å²) < 4.78 is 115. The Bertz CT molecular complexity index is 2680. The predicted octanol–water partition coefficient (Wildman–Crippen LogP) is 4.68. The van der Waals surface area contributed by atoms with Gasteiger partial charge in [0.2, 0.25) is 6.54 Å². The lowest BCUT2D eigenvalue weighted by atomic mass is 10.1. The zero-order valence-electron chi connectivity index (χ0n) is 32.6. The molecular formula is C36H34F2N10O13P2. The first-order chi connectivity index (χ1) is 30.5. The highest BCUT2D eigenvalue weighted by molar-refractivity contribution is 7.48. The monoisotopic (exact) mass is 914 g/mol. The van der Waals surface area contributed by atoms with Gasteiger partial charge in [0, 0.05) is 5.56 Å². The first kappa shape index (κ1) is 43.9. The average molecular weight is 915 g/mol. The molecular weight excluding hydrogens is 880 g/mol. The predicted molar refractivity (Wildman–Crippen MR) is 207 cm³/mol. The Labute approximate surface area is 354 Å². The zero-order valence-corrected chi connectivity index (χ0v) is 34.4. The van der Waals surface area contributed by atoms with E-state index in [2.05, 4.69) is 35.4 Å². The van der Waals surface area contributed by atoms with E-state index in [1.807, 2.05) is 6.07 Å². The van der Waals surface area contributed by atoms with E-state index in [0.29, 0.717) is 5.56 Å². The van der Waals surface area contributed by atoms with Gasteiger partial charge in [0.25, 0.3) is 5.91 Å². The van der Waals surface area contributed by atoms with Crippen LogP contribution >= 0.6 is 15.6 Å². The van der Waals surface area contributed by atoms with Gasteiger partial charge in [-0.1, -0.05) is 29.5 Å². The summed E-state index contributed by atoms with van der Waals surface area (Å²) in [6.07, 6.45) is -13.1.